The number of hydrogen-bond donors (Lipinski definition) is 0. The molecule has 7 nitrogen and oxygen atoms in total. The third-order valence-corrected chi connectivity index (χ3v) is 4.46. The summed E-state index contributed by atoms with van der Waals surface area (Å²) in [6.07, 6.45) is -2.25. The van der Waals surface area contributed by atoms with Crippen molar-refractivity contribution < 1.29 is 26.9 Å². The molecule has 0 N–H and O–H groups in total. The van der Waals surface area contributed by atoms with Crippen molar-refractivity contribution in [2.24, 2.45) is 0 Å². The van der Waals surface area contributed by atoms with Gasteiger partial charge in [-0.1, -0.05) is 0 Å². The minimum absolute atomic E-state index is 0.0952. The van der Waals surface area contributed by atoms with Gasteiger partial charge < -0.3 is 8.83 Å². The van der Waals surface area contributed by atoms with E-state index >= 15 is 0 Å². The molecule has 0 aliphatic heterocycles. The van der Waals surface area contributed by atoms with Gasteiger partial charge in [-0.05, 0) is 39.5 Å². The molecule has 2 aromatic heterocycles. The molecule has 1 saturated carbocycles. The summed E-state index contributed by atoms with van der Waals surface area (Å²) in [6, 6.07) is 0. The van der Waals surface area contributed by atoms with Crippen molar-refractivity contribution in [3.63, 3.8) is 0 Å². The molecule has 136 valence electrons. The largest absolute Gasteiger partial charge is 0.456 e. The number of aromatic nitrogens is 2. The molecule has 25 heavy (non-hydrogen) atoms. The highest BCUT2D eigenvalue weighted by Gasteiger charge is 2.39. The van der Waals surface area contributed by atoms with Crippen LogP contribution >= 0.6 is 0 Å². The van der Waals surface area contributed by atoms with Gasteiger partial charge in [-0.15, -0.1) is 0 Å². The molecular formula is C15H16F3N3O4. The van der Waals surface area contributed by atoms with Crippen LogP contribution in [0.2, 0.25) is 0 Å². The topological polar surface area (TPSA) is 95.2 Å². The van der Waals surface area contributed by atoms with Crippen LogP contribution in [-0.2, 0) is 6.18 Å². The van der Waals surface area contributed by atoms with Gasteiger partial charge >= 0.3 is 12.1 Å². The molecule has 0 unspecified atom stereocenters. The van der Waals surface area contributed by atoms with Gasteiger partial charge in [-0.25, -0.2) is 9.97 Å². The third-order valence-electron chi connectivity index (χ3n) is 4.46. The molecule has 2 heterocycles. The monoisotopic (exact) mass is 359 g/mol. The lowest BCUT2D eigenvalue weighted by Gasteiger charge is -2.24. The number of aryl methyl sites for hydroxylation is 2. The molecule has 0 aromatic carbocycles. The molecule has 1 aliphatic carbocycles. The van der Waals surface area contributed by atoms with Gasteiger partial charge in [0.2, 0.25) is 5.89 Å². The number of halogens is 3. The predicted octanol–water partition coefficient (Wildman–Crippen LogP) is 4.65. The van der Waals surface area contributed by atoms with Crippen molar-refractivity contribution in [1.29, 1.82) is 0 Å². The average molecular weight is 359 g/mol. The Labute approximate surface area is 140 Å². The number of nitro groups is 1. The first-order chi connectivity index (χ1) is 11.7. The van der Waals surface area contributed by atoms with Crippen molar-refractivity contribution in [1.82, 2.24) is 9.97 Å². The fourth-order valence-corrected chi connectivity index (χ4v) is 3.19. The maximum atomic E-state index is 12.8. The maximum absolute atomic E-state index is 12.8. The molecule has 10 heteroatoms. The van der Waals surface area contributed by atoms with E-state index in [9.17, 15) is 23.3 Å². The van der Waals surface area contributed by atoms with Crippen LogP contribution in [0.15, 0.2) is 8.83 Å². The Kier molecular flexibility index (Phi) is 4.29. The van der Waals surface area contributed by atoms with Crippen LogP contribution in [-0.4, -0.2) is 14.9 Å². The van der Waals surface area contributed by atoms with Crippen molar-refractivity contribution >= 4 is 5.88 Å². The van der Waals surface area contributed by atoms with E-state index in [1.54, 1.807) is 0 Å². The molecule has 3 rings (SSSR count). The highest BCUT2D eigenvalue weighted by Crippen LogP contribution is 2.42. The average Bonchev–Trinajstić information content (AvgIpc) is 3.10. The third kappa shape index (κ3) is 3.38. The lowest BCUT2D eigenvalue weighted by molar-refractivity contribution is -0.403. The second-order valence-electron chi connectivity index (χ2n) is 6.20. The van der Waals surface area contributed by atoms with E-state index < -0.39 is 16.8 Å². The zero-order chi connectivity index (χ0) is 18.4. The molecule has 1 fully saturated rings. The molecule has 0 saturated heterocycles. The molecule has 0 amide bonds. The minimum atomic E-state index is -4.53. The van der Waals surface area contributed by atoms with E-state index in [-0.39, 0.29) is 35.1 Å². The number of hydrogen-bond acceptors (Lipinski definition) is 6. The Balaban J connectivity index is 1.70. The van der Waals surface area contributed by atoms with Crippen LogP contribution < -0.4 is 0 Å². The van der Waals surface area contributed by atoms with Gasteiger partial charge in [0.15, 0.2) is 17.3 Å². The number of rotatable bonds is 3. The molecule has 0 spiro atoms. The zero-order valence-electron chi connectivity index (χ0n) is 13.6. The number of nitrogens with zero attached hydrogens (tertiary/aromatic N) is 3. The first kappa shape index (κ1) is 17.4. The maximum Gasteiger partial charge on any atom is 0.456 e. The van der Waals surface area contributed by atoms with Crippen LogP contribution in [0.25, 0.3) is 0 Å². The van der Waals surface area contributed by atoms with Gasteiger partial charge in [0, 0.05) is 11.8 Å². The molecule has 1 aliphatic rings. The summed E-state index contributed by atoms with van der Waals surface area (Å²) < 4.78 is 48.9. The fraction of sp³-hybridized carbons (Fsp3) is 0.600. The molecule has 0 bridgehead atoms. The molecule has 2 aromatic rings. The SMILES string of the molecule is Cc1nc(C2CCC(c3nc(C(F)(F)F)c(C)o3)CC2)oc1[N+](=O)[O-]. The highest BCUT2D eigenvalue weighted by molar-refractivity contribution is 5.22. The fourth-order valence-electron chi connectivity index (χ4n) is 3.19. The lowest BCUT2D eigenvalue weighted by Crippen LogP contribution is -2.13. The van der Waals surface area contributed by atoms with E-state index in [0.717, 1.165) is 0 Å². The molecule has 0 atom stereocenters. The lowest BCUT2D eigenvalue weighted by atomic mass is 9.82. The second kappa shape index (κ2) is 6.16. The van der Waals surface area contributed by atoms with E-state index in [1.165, 1.54) is 13.8 Å². The van der Waals surface area contributed by atoms with Crippen LogP contribution in [0, 0.1) is 24.0 Å². The summed E-state index contributed by atoms with van der Waals surface area (Å²) in [5.41, 5.74) is -0.760. The Morgan fingerprint density at radius 1 is 1.04 bits per heavy atom. The van der Waals surface area contributed by atoms with E-state index in [4.69, 9.17) is 8.83 Å². The summed E-state index contributed by atoms with van der Waals surface area (Å²) in [4.78, 5) is 17.9. The first-order valence-corrected chi connectivity index (χ1v) is 7.83. The van der Waals surface area contributed by atoms with Crippen LogP contribution in [0.4, 0.5) is 19.1 Å². The normalized spacial score (nSPS) is 21.5. The van der Waals surface area contributed by atoms with E-state index in [2.05, 4.69) is 9.97 Å². The summed E-state index contributed by atoms with van der Waals surface area (Å²) in [7, 11) is 0. The highest BCUT2D eigenvalue weighted by atomic mass is 19.4. The quantitative estimate of drug-likeness (QED) is 0.585. The summed E-state index contributed by atoms with van der Waals surface area (Å²) >= 11 is 0. The van der Waals surface area contributed by atoms with Gasteiger partial charge in [0.1, 0.15) is 10.7 Å². The summed E-state index contributed by atoms with van der Waals surface area (Å²) in [5.74, 6) is -0.502. The van der Waals surface area contributed by atoms with E-state index in [0.29, 0.717) is 31.6 Å². The van der Waals surface area contributed by atoms with Gasteiger partial charge in [-0.3, -0.25) is 10.1 Å². The smallest absolute Gasteiger partial charge is 0.445 e. The zero-order valence-corrected chi connectivity index (χ0v) is 13.6. The standard InChI is InChI=1S/C15H16F3N3O4/c1-7-14(21(22)23)25-12(19-7)9-3-5-10(6-4-9)13-20-11(8(2)24-13)15(16,17)18/h9-10H,3-6H2,1-2H3. The van der Waals surface area contributed by atoms with Crippen LogP contribution in [0.1, 0.15) is 66.4 Å². The van der Waals surface area contributed by atoms with Crippen molar-refractivity contribution in [2.75, 3.05) is 0 Å². The summed E-state index contributed by atoms with van der Waals surface area (Å²) in [5, 5.41) is 10.8. The van der Waals surface area contributed by atoms with Gasteiger partial charge in [0.25, 0.3) is 0 Å². The number of oxazole rings is 2. The Bertz CT molecular complexity index is 789. The van der Waals surface area contributed by atoms with Gasteiger partial charge in [0.05, 0.1) is 0 Å². The Hall–Kier alpha value is -2.39. The van der Waals surface area contributed by atoms with Crippen LogP contribution in [0.5, 0.6) is 0 Å². The Morgan fingerprint density at radius 2 is 1.56 bits per heavy atom. The van der Waals surface area contributed by atoms with Crippen molar-refractivity contribution in [2.45, 2.75) is 57.5 Å². The van der Waals surface area contributed by atoms with Gasteiger partial charge in [-0.2, -0.15) is 13.2 Å². The summed E-state index contributed by atoms with van der Waals surface area (Å²) in [6.45, 7) is 2.75. The second-order valence-corrected chi connectivity index (χ2v) is 6.20. The van der Waals surface area contributed by atoms with Crippen molar-refractivity contribution in [3.05, 3.63) is 39.0 Å². The van der Waals surface area contributed by atoms with Crippen LogP contribution in [0.3, 0.4) is 0 Å². The Morgan fingerprint density at radius 3 is 1.96 bits per heavy atom. The number of alkyl halides is 3. The van der Waals surface area contributed by atoms with E-state index in [1.807, 2.05) is 0 Å². The minimum Gasteiger partial charge on any atom is -0.445 e. The first-order valence-electron chi connectivity index (χ1n) is 7.83. The van der Waals surface area contributed by atoms with Crippen molar-refractivity contribution in [3.8, 4) is 0 Å². The molecular weight excluding hydrogens is 343 g/mol. The predicted molar refractivity (Wildman–Crippen MR) is 78.1 cm³/mol. The molecule has 0 radical (unpaired) electrons.